The van der Waals surface area contributed by atoms with E-state index in [9.17, 15) is 9.59 Å². The number of aromatic nitrogens is 1. The van der Waals surface area contributed by atoms with Crippen molar-refractivity contribution in [3.63, 3.8) is 0 Å². The highest BCUT2D eigenvalue weighted by Crippen LogP contribution is 2.29. The van der Waals surface area contributed by atoms with Crippen LogP contribution in [0.25, 0.3) is 0 Å². The average molecular weight is 319 g/mol. The van der Waals surface area contributed by atoms with Crippen LogP contribution in [0.5, 0.6) is 0 Å². The van der Waals surface area contributed by atoms with Crippen LogP contribution >= 0.6 is 11.3 Å². The van der Waals surface area contributed by atoms with Gasteiger partial charge in [-0.3, -0.25) is 9.59 Å². The molecule has 1 atom stereocenters. The molecule has 3 rings (SSSR count). The van der Waals surface area contributed by atoms with Gasteiger partial charge in [0.15, 0.2) is 10.9 Å². The number of carbonyl (C=O) groups excluding carboxylic acids is 2. The molecule has 1 unspecified atom stereocenters. The molecular formula is C15H17N3O3S. The lowest BCUT2D eigenvalue weighted by atomic mass is 10.0. The number of thiazole rings is 1. The van der Waals surface area contributed by atoms with E-state index in [4.69, 9.17) is 4.42 Å². The molecule has 0 spiro atoms. The highest BCUT2D eigenvalue weighted by atomic mass is 32.1. The number of nitrogens with zero attached hydrogens (tertiary/aromatic N) is 1. The number of furan rings is 1. The normalized spacial score (nSPS) is 15.0. The summed E-state index contributed by atoms with van der Waals surface area (Å²) in [5, 5.41) is 5.98. The van der Waals surface area contributed by atoms with E-state index in [1.54, 1.807) is 19.1 Å². The summed E-state index contributed by atoms with van der Waals surface area (Å²) in [5.41, 5.74) is 1.10. The molecule has 6 nitrogen and oxygen atoms in total. The highest BCUT2D eigenvalue weighted by Gasteiger charge is 2.21. The first-order valence-corrected chi connectivity index (χ1v) is 8.09. The zero-order valence-corrected chi connectivity index (χ0v) is 13.0. The van der Waals surface area contributed by atoms with Crippen molar-refractivity contribution in [2.75, 3.05) is 5.32 Å². The Balaban J connectivity index is 1.59. The topological polar surface area (TPSA) is 84.2 Å². The zero-order valence-electron chi connectivity index (χ0n) is 12.2. The molecule has 116 valence electrons. The molecule has 1 aliphatic rings. The van der Waals surface area contributed by atoms with Crippen LogP contribution in [0.2, 0.25) is 0 Å². The number of hydrogen-bond donors (Lipinski definition) is 2. The zero-order chi connectivity index (χ0) is 15.5. The highest BCUT2D eigenvalue weighted by molar-refractivity contribution is 7.15. The van der Waals surface area contributed by atoms with Crippen LogP contribution in [-0.4, -0.2) is 22.8 Å². The first-order chi connectivity index (χ1) is 10.6. The number of fused-ring (bicyclic) bond motifs is 1. The van der Waals surface area contributed by atoms with Crippen LogP contribution in [0, 0.1) is 0 Å². The molecule has 0 radical (unpaired) electrons. The second-order valence-corrected chi connectivity index (χ2v) is 6.34. The van der Waals surface area contributed by atoms with Crippen molar-refractivity contribution in [3.8, 4) is 0 Å². The third kappa shape index (κ3) is 3.19. The van der Waals surface area contributed by atoms with Crippen LogP contribution in [0.1, 0.15) is 40.9 Å². The predicted octanol–water partition coefficient (Wildman–Crippen LogP) is 2.37. The van der Waals surface area contributed by atoms with Crippen molar-refractivity contribution in [1.82, 2.24) is 10.3 Å². The minimum atomic E-state index is -0.668. The quantitative estimate of drug-likeness (QED) is 0.906. The summed E-state index contributed by atoms with van der Waals surface area (Å²) >= 11 is 1.52. The SMILES string of the molecule is CC(NC(=O)c1ccco1)C(=O)Nc1nc2c(s1)CCCC2. The Morgan fingerprint density at radius 1 is 1.36 bits per heavy atom. The Morgan fingerprint density at radius 3 is 2.91 bits per heavy atom. The minimum absolute atomic E-state index is 0.185. The van der Waals surface area contributed by atoms with Gasteiger partial charge in [-0.2, -0.15) is 0 Å². The summed E-state index contributed by atoms with van der Waals surface area (Å²) in [6, 6.07) is 2.51. The van der Waals surface area contributed by atoms with E-state index >= 15 is 0 Å². The summed E-state index contributed by atoms with van der Waals surface area (Å²) < 4.78 is 5.00. The summed E-state index contributed by atoms with van der Waals surface area (Å²) in [5.74, 6) is -0.513. The predicted molar refractivity (Wildman–Crippen MR) is 83.0 cm³/mol. The largest absolute Gasteiger partial charge is 0.459 e. The van der Waals surface area contributed by atoms with Crippen molar-refractivity contribution in [1.29, 1.82) is 0 Å². The summed E-state index contributed by atoms with van der Waals surface area (Å²) in [6.45, 7) is 1.63. The van der Waals surface area contributed by atoms with Crippen molar-refractivity contribution in [3.05, 3.63) is 34.7 Å². The number of anilines is 1. The Morgan fingerprint density at radius 2 is 2.18 bits per heavy atom. The lowest BCUT2D eigenvalue weighted by Gasteiger charge is -2.11. The minimum Gasteiger partial charge on any atom is -0.459 e. The fourth-order valence-electron chi connectivity index (χ4n) is 2.36. The number of nitrogens with one attached hydrogen (secondary N) is 2. The molecule has 7 heteroatoms. The van der Waals surface area contributed by atoms with Crippen molar-refractivity contribution >= 4 is 28.3 Å². The van der Waals surface area contributed by atoms with Crippen LogP contribution in [0.15, 0.2) is 22.8 Å². The van der Waals surface area contributed by atoms with Gasteiger partial charge in [-0.05, 0) is 44.7 Å². The van der Waals surface area contributed by atoms with Crippen molar-refractivity contribution in [2.45, 2.75) is 38.6 Å². The molecular weight excluding hydrogens is 302 g/mol. The summed E-state index contributed by atoms with van der Waals surface area (Å²) in [4.78, 5) is 29.7. The number of amides is 2. The maximum atomic E-state index is 12.1. The Hall–Kier alpha value is -2.15. The molecule has 0 saturated heterocycles. The van der Waals surface area contributed by atoms with Crippen LogP contribution in [-0.2, 0) is 17.6 Å². The molecule has 2 aromatic rings. The van der Waals surface area contributed by atoms with Gasteiger partial charge in [0.2, 0.25) is 5.91 Å². The van der Waals surface area contributed by atoms with Gasteiger partial charge in [0.25, 0.3) is 5.91 Å². The fourth-order valence-corrected chi connectivity index (χ4v) is 3.41. The van der Waals surface area contributed by atoms with Gasteiger partial charge in [0.1, 0.15) is 6.04 Å². The van der Waals surface area contributed by atoms with Gasteiger partial charge < -0.3 is 15.1 Å². The molecule has 0 aliphatic heterocycles. The molecule has 0 bridgehead atoms. The third-order valence-corrected chi connectivity index (χ3v) is 4.63. The van der Waals surface area contributed by atoms with Crippen LogP contribution < -0.4 is 10.6 Å². The molecule has 2 N–H and O–H groups in total. The van der Waals surface area contributed by atoms with E-state index in [2.05, 4.69) is 15.6 Å². The molecule has 2 aromatic heterocycles. The molecule has 0 fully saturated rings. The Kier molecular flexibility index (Phi) is 4.24. The number of hydrogen-bond acceptors (Lipinski definition) is 5. The van der Waals surface area contributed by atoms with E-state index in [0.29, 0.717) is 5.13 Å². The van der Waals surface area contributed by atoms with Crippen molar-refractivity contribution < 1.29 is 14.0 Å². The van der Waals surface area contributed by atoms with Gasteiger partial charge in [-0.15, -0.1) is 11.3 Å². The van der Waals surface area contributed by atoms with E-state index in [-0.39, 0.29) is 11.7 Å². The van der Waals surface area contributed by atoms with Gasteiger partial charge in [0, 0.05) is 4.88 Å². The Bertz CT molecular complexity index is 655. The smallest absolute Gasteiger partial charge is 0.287 e. The van der Waals surface area contributed by atoms with E-state index in [1.807, 2.05) is 0 Å². The first kappa shape index (κ1) is 14.8. The maximum absolute atomic E-state index is 12.1. The van der Waals surface area contributed by atoms with Gasteiger partial charge in [-0.1, -0.05) is 0 Å². The summed E-state index contributed by atoms with van der Waals surface area (Å²) in [7, 11) is 0. The number of aryl methyl sites for hydroxylation is 2. The van der Waals surface area contributed by atoms with E-state index in [0.717, 1.165) is 25.0 Å². The second kappa shape index (κ2) is 6.31. The number of carbonyl (C=O) groups is 2. The average Bonchev–Trinajstić information content (AvgIpc) is 3.15. The number of rotatable bonds is 4. The standard InChI is InChI=1S/C15H17N3O3S/c1-9(16-14(20)11-6-4-8-21-11)13(19)18-15-17-10-5-2-3-7-12(10)22-15/h4,6,8-9H,2-3,5,7H2,1H3,(H,16,20)(H,17,18,19). The summed E-state index contributed by atoms with van der Waals surface area (Å²) in [6.07, 6.45) is 5.76. The van der Waals surface area contributed by atoms with E-state index < -0.39 is 11.9 Å². The molecule has 22 heavy (non-hydrogen) atoms. The molecule has 0 aromatic carbocycles. The first-order valence-electron chi connectivity index (χ1n) is 7.27. The maximum Gasteiger partial charge on any atom is 0.287 e. The molecule has 0 saturated carbocycles. The molecule has 2 amide bonds. The van der Waals surface area contributed by atoms with Crippen LogP contribution in [0.3, 0.4) is 0 Å². The van der Waals surface area contributed by atoms with E-state index in [1.165, 1.54) is 28.9 Å². The van der Waals surface area contributed by atoms with Gasteiger partial charge >= 0.3 is 0 Å². The van der Waals surface area contributed by atoms with Crippen molar-refractivity contribution in [2.24, 2.45) is 0 Å². The molecule has 2 heterocycles. The lowest BCUT2D eigenvalue weighted by Crippen LogP contribution is -2.41. The second-order valence-electron chi connectivity index (χ2n) is 5.26. The monoisotopic (exact) mass is 319 g/mol. The lowest BCUT2D eigenvalue weighted by molar-refractivity contribution is -0.117. The molecule has 1 aliphatic carbocycles. The van der Waals surface area contributed by atoms with Crippen LogP contribution in [0.4, 0.5) is 5.13 Å². The van der Waals surface area contributed by atoms with Gasteiger partial charge in [-0.25, -0.2) is 4.98 Å². The van der Waals surface area contributed by atoms with Gasteiger partial charge in [0.05, 0.1) is 12.0 Å². The third-order valence-electron chi connectivity index (χ3n) is 3.56. The Labute approximate surface area is 131 Å². The fraction of sp³-hybridized carbons (Fsp3) is 0.400.